The van der Waals surface area contributed by atoms with Crippen molar-refractivity contribution < 1.29 is 51.8 Å². The average Bonchev–Trinajstić information content (AvgIpc) is 3.18. The number of unbranched alkanes of at least 4 members (excludes halogenated alkanes) is 9. The van der Waals surface area contributed by atoms with Crippen molar-refractivity contribution in [3.05, 3.63) is 6.92 Å². The van der Waals surface area contributed by atoms with Crippen molar-refractivity contribution >= 4 is 10.4 Å². The van der Waals surface area contributed by atoms with Crippen molar-refractivity contribution in [1.82, 2.24) is 0 Å². The minimum atomic E-state index is -4.67. The first-order chi connectivity index (χ1) is 9.41. The van der Waals surface area contributed by atoms with Crippen LogP contribution in [0.15, 0.2) is 0 Å². The van der Waals surface area contributed by atoms with Crippen LogP contribution in [0.4, 0.5) is 0 Å². The molecule has 0 bridgehead atoms. The second-order valence-corrected chi connectivity index (χ2v) is 5.64. The molecule has 1 aliphatic heterocycles. The Morgan fingerprint density at radius 1 is 0.905 bits per heavy atom. The van der Waals surface area contributed by atoms with E-state index in [2.05, 4.69) is 18.6 Å². The monoisotopic (exact) mass is 334 g/mol. The molecule has 0 aromatic heterocycles. The topological polar surface area (TPSA) is 87.1 Å². The predicted octanol–water partition coefficient (Wildman–Crippen LogP) is 1.11. The summed E-state index contributed by atoms with van der Waals surface area (Å²) in [6.07, 6.45) is 13.9. The van der Waals surface area contributed by atoms with Crippen LogP contribution in [0, 0.1) is 6.92 Å². The molecule has 0 radical (unpaired) electrons. The van der Waals surface area contributed by atoms with E-state index in [0.717, 1.165) is 19.6 Å². The van der Waals surface area contributed by atoms with Gasteiger partial charge in [-0.05, 0) is 0 Å². The Bertz CT molecular complexity index is 248. The summed E-state index contributed by atoms with van der Waals surface area (Å²) in [7, 11) is -4.67. The molecule has 5 nitrogen and oxygen atoms in total. The molecule has 2 N–H and O–H groups in total. The maximum absolute atomic E-state index is 8.74. The molecule has 0 spiro atoms. The number of epoxide rings is 1. The molecule has 1 rings (SSSR count). The van der Waals surface area contributed by atoms with Crippen LogP contribution in [0.2, 0.25) is 0 Å². The summed E-state index contributed by atoms with van der Waals surface area (Å²) < 4.78 is 36.1. The Morgan fingerprint density at radius 3 is 1.43 bits per heavy atom. The molecule has 0 atom stereocenters. The molecule has 1 saturated heterocycles. The molecular weight excluding hydrogens is 303 g/mol. The van der Waals surface area contributed by atoms with Gasteiger partial charge in [0.05, 0.1) is 13.2 Å². The van der Waals surface area contributed by atoms with E-state index in [1.54, 1.807) is 0 Å². The zero-order valence-electron chi connectivity index (χ0n) is 13.7. The van der Waals surface area contributed by atoms with E-state index in [9.17, 15) is 0 Å². The molecule has 0 saturated carbocycles. The average molecular weight is 334 g/mol. The summed E-state index contributed by atoms with van der Waals surface area (Å²) in [5.41, 5.74) is 0. The number of hydrogen-bond acceptors (Lipinski definition) is 3. The van der Waals surface area contributed by atoms with Gasteiger partial charge in [-0.15, -0.1) is 0 Å². The summed E-state index contributed by atoms with van der Waals surface area (Å²) in [5.74, 6) is 0. The summed E-state index contributed by atoms with van der Waals surface area (Å²) in [6.45, 7) is 8.12. The Balaban J connectivity index is -0.000000295. The first-order valence-electron chi connectivity index (χ1n) is 7.48. The molecule has 21 heavy (non-hydrogen) atoms. The summed E-state index contributed by atoms with van der Waals surface area (Å²) in [4.78, 5) is 0. The third-order valence-corrected chi connectivity index (χ3v) is 2.56. The Labute approximate surface area is 153 Å². The maximum atomic E-state index is 8.74. The SMILES string of the molecule is C1CO1.O=S(=O)(O)O.[CH2-]CCCCCCCCCCC.[Na+]. The van der Waals surface area contributed by atoms with Crippen LogP contribution < -0.4 is 29.6 Å². The van der Waals surface area contributed by atoms with E-state index >= 15 is 0 Å². The largest absolute Gasteiger partial charge is 1.00 e. The second kappa shape index (κ2) is 20.8. The third kappa shape index (κ3) is 63.0. The van der Waals surface area contributed by atoms with E-state index in [-0.39, 0.29) is 29.6 Å². The van der Waals surface area contributed by atoms with Gasteiger partial charge in [0.25, 0.3) is 0 Å². The first kappa shape index (κ1) is 26.7. The minimum absolute atomic E-state index is 0. The van der Waals surface area contributed by atoms with Crippen molar-refractivity contribution in [2.24, 2.45) is 0 Å². The summed E-state index contributed by atoms with van der Waals surface area (Å²) in [5, 5.41) is 0. The molecule has 7 heteroatoms. The van der Waals surface area contributed by atoms with Gasteiger partial charge in [-0.1, -0.05) is 64.7 Å². The van der Waals surface area contributed by atoms with E-state index in [4.69, 9.17) is 17.5 Å². The van der Waals surface area contributed by atoms with Gasteiger partial charge in [0.15, 0.2) is 0 Å². The predicted molar refractivity (Wildman–Crippen MR) is 82.2 cm³/mol. The van der Waals surface area contributed by atoms with E-state index < -0.39 is 10.4 Å². The van der Waals surface area contributed by atoms with Gasteiger partial charge < -0.3 is 11.7 Å². The number of rotatable bonds is 9. The van der Waals surface area contributed by atoms with Gasteiger partial charge in [-0.2, -0.15) is 14.8 Å². The van der Waals surface area contributed by atoms with Crippen LogP contribution in [0.3, 0.4) is 0 Å². The van der Waals surface area contributed by atoms with Gasteiger partial charge >= 0.3 is 40.0 Å². The molecular formula is C14H31NaO5S. The van der Waals surface area contributed by atoms with Gasteiger partial charge in [0.1, 0.15) is 0 Å². The zero-order valence-corrected chi connectivity index (χ0v) is 16.5. The van der Waals surface area contributed by atoms with Crippen molar-refractivity contribution in [1.29, 1.82) is 0 Å². The molecule has 0 aromatic rings. The van der Waals surface area contributed by atoms with E-state index in [1.807, 2.05) is 0 Å². The smallest absolute Gasteiger partial charge is 0.377 e. The first-order valence-corrected chi connectivity index (χ1v) is 8.88. The molecule has 0 unspecified atom stereocenters. The maximum Gasteiger partial charge on any atom is 1.00 e. The van der Waals surface area contributed by atoms with Gasteiger partial charge in [-0.3, -0.25) is 9.11 Å². The van der Waals surface area contributed by atoms with Gasteiger partial charge in [-0.25, -0.2) is 0 Å². The van der Waals surface area contributed by atoms with Crippen molar-refractivity contribution in [3.8, 4) is 0 Å². The van der Waals surface area contributed by atoms with Crippen LogP contribution in [0.5, 0.6) is 0 Å². The summed E-state index contributed by atoms with van der Waals surface area (Å²) >= 11 is 0. The fourth-order valence-electron chi connectivity index (χ4n) is 1.49. The fourth-order valence-corrected chi connectivity index (χ4v) is 1.49. The molecule has 124 valence electrons. The van der Waals surface area contributed by atoms with Crippen molar-refractivity contribution in [2.45, 2.75) is 71.1 Å². The van der Waals surface area contributed by atoms with Crippen LogP contribution in [0.25, 0.3) is 0 Å². The van der Waals surface area contributed by atoms with Crippen LogP contribution in [-0.2, 0) is 15.1 Å². The second-order valence-electron chi connectivity index (χ2n) is 4.74. The molecule has 1 fully saturated rings. The number of hydrogen-bond donors (Lipinski definition) is 2. The standard InChI is InChI=1S/C12H25.C2H4O.Na.H2O4S/c1-3-5-7-9-11-12-10-8-6-4-2;1-2-3-1;;1-5(2,3)4/h1,3-12H2,2H3;1-2H2;;(H2,1,2,3,4)/q-1;;+1;. The normalized spacial score (nSPS) is 12.2. The number of ether oxygens (including phenoxy) is 1. The van der Waals surface area contributed by atoms with Crippen LogP contribution in [0.1, 0.15) is 71.1 Å². The molecule has 1 aliphatic rings. The van der Waals surface area contributed by atoms with Crippen LogP contribution in [-0.4, -0.2) is 30.7 Å². The van der Waals surface area contributed by atoms with Crippen molar-refractivity contribution in [2.75, 3.05) is 13.2 Å². The van der Waals surface area contributed by atoms with E-state index in [0.29, 0.717) is 0 Å². The van der Waals surface area contributed by atoms with Crippen molar-refractivity contribution in [3.63, 3.8) is 0 Å². The van der Waals surface area contributed by atoms with Crippen LogP contribution >= 0.6 is 0 Å². The summed E-state index contributed by atoms with van der Waals surface area (Å²) in [6, 6.07) is 0. The Morgan fingerprint density at radius 2 is 1.19 bits per heavy atom. The minimum Gasteiger partial charge on any atom is -0.377 e. The molecule has 1 heterocycles. The molecule has 0 aromatic carbocycles. The molecule has 0 aliphatic carbocycles. The quantitative estimate of drug-likeness (QED) is 0.217. The fraction of sp³-hybridized carbons (Fsp3) is 0.929. The zero-order chi connectivity index (χ0) is 15.7. The Hall–Kier alpha value is 0.830. The third-order valence-electron chi connectivity index (χ3n) is 2.56. The van der Waals surface area contributed by atoms with Gasteiger partial charge in [0.2, 0.25) is 0 Å². The van der Waals surface area contributed by atoms with E-state index in [1.165, 1.54) is 57.8 Å². The van der Waals surface area contributed by atoms with Gasteiger partial charge in [0, 0.05) is 0 Å². The molecule has 0 amide bonds. The Kier molecular flexibility index (Phi) is 26.5.